The maximum atomic E-state index is 12.0. The van der Waals surface area contributed by atoms with Crippen LogP contribution in [0.5, 0.6) is 5.88 Å². The number of methoxy groups -OCH3 is 1. The molecule has 9 nitrogen and oxygen atoms in total. The first-order chi connectivity index (χ1) is 15.3. The molecule has 1 aliphatic rings. The van der Waals surface area contributed by atoms with Gasteiger partial charge in [0, 0.05) is 26.3 Å². The van der Waals surface area contributed by atoms with E-state index in [-0.39, 0.29) is 18.0 Å². The predicted molar refractivity (Wildman–Crippen MR) is 108 cm³/mol. The monoisotopic (exact) mass is 399 g/mol. The van der Waals surface area contributed by atoms with Gasteiger partial charge < -0.3 is 19.3 Å². The number of ether oxygens (including phenoxy) is 2. The van der Waals surface area contributed by atoms with E-state index in [1.807, 2.05) is 12.1 Å². The molecule has 0 aromatic carbocycles. The van der Waals surface area contributed by atoms with Gasteiger partial charge in [-0.05, 0) is 37.6 Å². The van der Waals surface area contributed by atoms with Crippen molar-refractivity contribution in [1.82, 2.24) is 24.5 Å². The molecule has 0 spiro atoms. The number of amides is 1. The normalized spacial score (nSPS) is 18.2. The lowest BCUT2D eigenvalue weighted by Gasteiger charge is -2.24. The van der Waals surface area contributed by atoms with Crippen LogP contribution in [0.1, 0.15) is 17.5 Å². The molecule has 1 amide bonds. The van der Waals surface area contributed by atoms with E-state index in [1.54, 1.807) is 41.7 Å². The third kappa shape index (κ3) is 3.55. The molecule has 29 heavy (non-hydrogen) atoms. The van der Waals surface area contributed by atoms with Crippen molar-refractivity contribution < 1.29 is 18.4 Å². The molecule has 0 saturated carbocycles. The second-order valence-corrected chi connectivity index (χ2v) is 6.76. The first-order valence-corrected chi connectivity index (χ1v) is 9.40. The van der Waals surface area contributed by atoms with Crippen LogP contribution in [0.15, 0.2) is 36.7 Å². The van der Waals surface area contributed by atoms with Crippen molar-refractivity contribution in [3.05, 3.63) is 36.7 Å². The first kappa shape index (κ1) is 15.5. The Bertz CT molecular complexity index is 1120. The second kappa shape index (κ2) is 7.94. The molecule has 0 radical (unpaired) electrons. The SMILES string of the molecule is [2H]C([2H])([2H])Oc1ncccc1-c1cnc2ccc(N3CC[C@H](N(C)C(=O)OCC)C3)nn12. The number of hydrogen-bond acceptors (Lipinski definition) is 7. The Morgan fingerprint density at radius 1 is 1.38 bits per heavy atom. The van der Waals surface area contributed by atoms with Crippen LogP contribution in [0.2, 0.25) is 0 Å². The van der Waals surface area contributed by atoms with Crippen LogP contribution >= 0.6 is 0 Å². The van der Waals surface area contributed by atoms with Gasteiger partial charge in [0.15, 0.2) is 5.65 Å². The average molecular weight is 399 g/mol. The van der Waals surface area contributed by atoms with Crippen LogP contribution in [0, 0.1) is 0 Å². The van der Waals surface area contributed by atoms with Gasteiger partial charge in [-0.3, -0.25) is 0 Å². The average Bonchev–Trinajstić information content (AvgIpc) is 3.40. The summed E-state index contributed by atoms with van der Waals surface area (Å²) < 4.78 is 34.0. The smallest absolute Gasteiger partial charge is 0.409 e. The molecule has 152 valence electrons. The second-order valence-electron chi connectivity index (χ2n) is 6.76. The molecule has 1 aliphatic heterocycles. The van der Waals surface area contributed by atoms with Crippen LogP contribution in [-0.2, 0) is 4.74 Å². The fraction of sp³-hybridized carbons (Fsp3) is 0.400. The summed E-state index contributed by atoms with van der Waals surface area (Å²) in [4.78, 5) is 24.2. The van der Waals surface area contributed by atoms with E-state index in [0.29, 0.717) is 30.1 Å². The summed E-state index contributed by atoms with van der Waals surface area (Å²) >= 11 is 0. The Hall–Kier alpha value is -3.36. The van der Waals surface area contributed by atoms with Crippen LogP contribution < -0.4 is 9.64 Å². The Balaban J connectivity index is 1.62. The van der Waals surface area contributed by atoms with E-state index in [9.17, 15) is 4.79 Å². The van der Waals surface area contributed by atoms with E-state index >= 15 is 0 Å². The quantitative estimate of drug-likeness (QED) is 0.651. The highest BCUT2D eigenvalue weighted by Gasteiger charge is 2.30. The number of likely N-dealkylation sites (N-methyl/N-ethyl adjacent to an activating group) is 1. The lowest BCUT2D eigenvalue weighted by molar-refractivity contribution is 0.105. The number of nitrogens with zero attached hydrogens (tertiary/aromatic N) is 6. The summed E-state index contributed by atoms with van der Waals surface area (Å²) in [7, 11) is -0.886. The molecule has 0 aliphatic carbocycles. The van der Waals surface area contributed by atoms with Crippen LogP contribution in [-0.4, -0.2) is 70.4 Å². The Labute approximate surface area is 173 Å². The topological polar surface area (TPSA) is 85.1 Å². The highest BCUT2D eigenvalue weighted by molar-refractivity contribution is 5.69. The van der Waals surface area contributed by atoms with E-state index in [2.05, 4.69) is 14.9 Å². The number of rotatable bonds is 5. The van der Waals surface area contributed by atoms with Crippen molar-refractivity contribution in [3.8, 4) is 17.1 Å². The number of fused-ring (bicyclic) bond motifs is 1. The summed E-state index contributed by atoms with van der Waals surface area (Å²) in [6.07, 6.45) is 3.54. The maximum absolute atomic E-state index is 12.0. The molecule has 1 saturated heterocycles. The van der Waals surface area contributed by atoms with E-state index < -0.39 is 7.04 Å². The summed E-state index contributed by atoms with van der Waals surface area (Å²) in [5.74, 6) is 0.706. The van der Waals surface area contributed by atoms with Crippen LogP contribution in [0.3, 0.4) is 0 Å². The molecular weight excluding hydrogens is 372 g/mol. The fourth-order valence-electron chi connectivity index (χ4n) is 3.52. The number of aromatic nitrogens is 4. The molecule has 0 unspecified atom stereocenters. The van der Waals surface area contributed by atoms with Gasteiger partial charge in [-0.25, -0.2) is 19.3 Å². The standard InChI is InChI=1S/C20H24N6O3/c1-4-29-20(27)24(2)14-9-11-25(13-14)18-8-7-17-22-12-16(26(17)23-18)15-6-5-10-21-19(15)28-3/h5-8,10,12,14H,4,9,11,13H2,1-3H3/t14-/m0/s1/i3D3. The highest BCUT2D eigenvalue weighted by Crippen LogP contribution is 2.29. The summed E-state index contributed by atoms with van der Waals surface area (Å²) in [5, 5.41) is 4.73. The molecule has 9 heteroatoms. The van der Waals surface area contributed by atoms with Gasteiger partial charge in [0.05, 0.1) is 41.3 Å². The maximum Gasteiger partial charge on any atom is 0.409 e. The Morgan fingerprint density at radius 2 is 2.28 bits per heavy atom. The van der Waals surface area contributed by atoms with E-state index in [4.69, 9.17) is 18.7 Å². The minimum Gasteiger partial charge on any atom is -0.481 e. The van der Waals surface area contributed by atoms with Crippen molar-refractivity contribution in [2.75, 3.05) is 38.7 Å². The molecule has 3 aromatic heterocycles. The number of imidazole rings is 1. The molecule has 4 rings (SSSR count). The third-order valence-corrected chi connectivity index (χ3v) is 5.08. The summed E-state index contributed by atoms with van der Waals surface area (Å²) in [6.45, 7) is 3.48. The largest absolute Gasteiger partial charge is 0.481 e. The number of anilines is 1. The number of pyridine rings is 1. The number of carbonyl (C=O) groups excluding carboxylic acids is 1. The molecule has 0 N–H and O–H groups in total. The van der Waals surface area contributed by atoms with Gasteiger partial charge in [-0.15, -0.1) is 5.10 Å². The molecule has 3 aromatic rings. The van der Waals surface area contributed by atoms with Crippen LogP contribution in [0.25, 0.3) is 16.9 Å². The minimum absolute atomic E-state index is 0.0150. The summed E-state index contributed by atoms with van der Waals surface area (Å²) in [6, 6.07) is 7.15. The van der Waals surface area contributed by atoms with Crippen molar-refractivity contribution in [2.24, 2.45) is 0 Å². The summed E-state index contributed by atoms with van der Waals surface area (Å²) in [5.41, 5.74) is 1.64. The van der Waals surface area contributed by atoms with Crippen LogP contribution in [0.4, 0.5) is 10.6 Å². The zero-order valence-electron chi connectivity index (χ0n) is 19.3. The lowest BCUT2D eigenvalue weighted by Crippen LogP contribution is -2.39. The lowest BCUT2D eigenvalue weighted by atomic mass is 10.2. The first-order valence-electron chi connectivity index (χ1n) is 10.9. The van der Waals surface area contributed by atoms with Gasteiger partial charge >= 0.3 is 6.09 Å². The minimum atomic E-state index is -2.63. The Morgan fingerprint density at radius 3 is 3.10 bits per heavy atom. The van der Waals surface area contributed by atoms with Gasteiger partial charge in [0.1, 0.15) is 5.82 Å². The fourth-order valence-corrected chi connectivity index (χ4v) is 3.52. The van der Waals surface area contributed by atoms with Crippen molar-refractivity contribution in [2.45, 2.75) is 19.4 Å². The van der Waals surface area contributed by atoms with Gasteiger partial charge in [-0.2, -0.15) is 0 Å². The molecule has 0 bridgehead atoms. The van der Waals surface area contributed by atoms with Crippen molar-refractivity contribution >= 4 is 17.6 Å². The van der Waals surface area contributed by atoms with Crippen molar-refractivity contribution in [1.29, 1.82) is 0 Å². The molecule has 4 heterocycles. The molecule has 1 fully saturated rings. The van der Waals surface area contributed by atoms with Gasteiger partial charge in [-0.1, -0.05) is 0 Å². The number of hydrogen-bond donors (Lipinski definition) is 0. The molecular formula is C20H24N6O3. The Kier molecular flexibility index (Phi) is 4.26. The zero-order chi connectivity index (χ0) is 22.9. The zero-order valence-corrected chi connectivity index (χ0v) is 16.3. The van der Waals surface area contributed by atoms with Crippen molar-refractivity contribution in [3.63, 3.8) is 0 Å². The van der Waals surface area contributed by atoms with Gasteiger partial charge in [0.2, 0.25) is 5.88 Å². The highest BCUT2D eigenvalue weighted by atomic mass is 16.6. The number of carbonyl (C=O) groups is 1. The van der Waals surface area contributed by atoms with Gasteiger partial charge in [0.25, 0.3) is 0 Å². The predicted octanol–water partition coefficient (Wildman–Crippen LogP) is 2.47. The third-order valence-electron chi connectivity index (χ3n) is 5.08. The molecule has 1 atom stereocenters. The van der Waals surface area contributed by atoms with E-state index in [1.165, 1.54) is 6.20 Å². The van der Waals surface area contributed by atoms with E-state index in [0.717, 1.165) is 18.8 Å².